The Labute approximate surface area is 124 Å². The maximum absolute atomic E-state index is 12.5. The highest BCUT2D eigenvalue weighted by molar-refractivity contribution is 7.89. The van der Waals surface area contributed by atoms with Crippen LogP contribution in [0, 0.1) is 41.2 Å². The van der Waals surface area contributed by atoms with Crippen LogP contribution in [0.3, 0.4) is 0 Å². The van der Waals surface area contributed by atoms with Gasteiger partial charge < -0.3 is 0 Å². The molecule has 0 saturated carbocycles. The summed E-state index contributed by atoms with van der Waals surface area (Å²) in [6, 6.07) is 4.49. The second-order valence-electron chi connectivity index (χ2n) is 4.98. The maximum Gasteiger partial charge on any atom is 0.289 e. The first-order valence-corrected chi connectivity index (χ1v) is 7.66. The van der Waals surface area contributed by atoms with E-state index >= 15 is 0 Å². The molecule has 0 aliphatic carbocycles. The van der Waals surface area contributed by atoms with Gasteiger partial charge in [-0.25, -0.2) is 8.42 Å². The first kappa shape index (κ1) is 17.1. The SMILES string of the molecule is Cc1cc([N+](=O)[O-])c(S(=O)(=O)N(C)CC(C)C#N)cc1C. The molecular formula is C13H17N3O4S. The molecule has 0 saturated heterocycles. The standard InChI is InChI=1S/C13H17N3O4S/c1-9(7-14)8-15(4)21(19,20)13-6-11(3)10(2)5-12(13)16(17)18/h5-6,9H,8H2,1-4H3. The summed E-state index contributed by atoms with van der Waals surface area (Å²) in [5.74, 6) is -0.504. The van der Waals surface area contributed by atoms with Crippen molar-refractivity contribution in [1.82, 2.24) is 4.31 Å². The van der Waals surface area contributed by atoms with E-state index in [1.807, 2.05) is 6.07 Å². The molecule has 0 aromatic heterocycles. The highest BCUT2D eigenvalue weighted by Gasteiger charge is 2.30. The fraction of sp³-hybridized carbons (Fsp3) is 0.462. The fourth-order valence-corrected chi connectivity index (χ4v) is 3.30. The number of sulfonamides is 1. The molecule has 0 amide bonds. The van der Waals surface area contributed by atoms with Crippen molar-refractivity contribution in [2.45, 2.75) is 25.7 Å². The van der Waals surface area contributed by atoms with Crippen molar-refractivity contribution < 1.29 is 13.3 Å². The quantitative estimate of drug-likeness (QED) is 0.611. The summed E-state index contributed by atoms with van der Waals surface area (Å²) in [7, 11) is -2.71. The Kier molecular flexibility index (Phi) is 5.04. The number of rotatable bonds is 5. The number of hydrogen-bond acceptors (Lipinski definition) is 5. The van der Waals surface area contributed by atoms with Crippen LogP contribution in [-0.2, 0) is 10.0 Å². The van der Waals surface area contributed by atoms with Crippen molar-refractivity contribution in [1.29, 1.82) is 5.26 Å². The van der Waals surface area contributed by atoms with E-state index in [2.05, 4.69) is 0 Å². The minimum Gasteiger partial charge on any atom is -0.258 e. The van der Waals surface area contributed by atoms with Crippen LogP contribution < -0.4 is 0 Å². The lowest BCUT2D eigenvalue weighted by molar-refractivity contribution is -0.387. The van der Waals surface area contributed by atoms with Gasteiger partial charge in [0.25, 0.3) is 5.69 Å². The van der Waals surface area contributed by atoms with E-state index in [1.165, 1.54) is 19.2 Å². The van der Waals surface area contributed by atoms with Gasteiger partial charge >= 0.3 is 0 Å². The van der Waals surface area contributed by atoms with E-state index in [-0.39, 0.29) is 11.4 Å². The molecule has 0 bridgehead atoms. The Morgan fingerprint density at radius 1 is 1.38 bits per heavy atom. The molecule has 114 valence electrons. The zero-order chi connectivity index (χ0) is 16.4. The van der Waals surface area contributed by atoms with Crippen LogP contribution in [0.25, 0.3) is 0 Å². The average Bonchev–Trinajstić information content (AvgIpc) is 2.40. The summed E-state index contributed by atoms with van der Waals surface area (Å²) < 4.78 is 25.9. The third-order valence-corrected chi connectivity index (χ3v) is 5.06. The van der Waals surface area contributed by atoms with Crippen molar-refractivity contribution in [3.05, 3.63) is 33.4 Å². The minimum absolute atomic E-state index is 0.0249. The number of aryl methyl sites for hydroxylation is 2. The molecule has 0 radical (unpaired) electrons. The molecule has 21 heavy (non-hydrogen) atoms. The van der Waals surface area contributed by atoms with E-state index in [0.29, 0.717) is 11.1 Å². The van der Waals surface area contributed by atoms with E-state index < -0.39 is 26.6 Å². The summed E-state index contributed by atoms with van der Waals surface area (Å²) in [6.07, 6.45) is 0. The largest absolute Gasteiger partial charge is 0.289 e. The van der Waals surface area contributed by atoms with Gasteiger partial charge in [0.15, 0.2) is 4.90 Å². The first-order chi connectivity index (χ1) is 9.61. The molecular weight excluding hydrogens is 294 g/mol. The normalized spacial score (nSPS) is 13.0. The molecule has 1 unspecified atom stereocenters. The Morgan fingerprint density at radius 2 is 1.90 bits per heavy atom. The fourth-order valence-electron chi connectivity index (χ4n) is 1.82. The van der Waals surface area contributed by atoms with Gasteiger partial charge in [-0.2, -0.15) is 9.57 Å². The molecule has 1 aromatic carbocycles. The number of nitriles is 1. The number of hydrogen-bond donors (Lipinski definition) is 0. The van der Waals surface area contributed by atoms with Gasteiger partial charge in [-0.3, -0.25) is 10.1 Å². The molecule has 0 heterocycles. The number of benzene rings is 1. The summed E-state index contributed by atoms with van der Waals surface area (Å²) in [4.78, 5) is 10.1. The molecule has 8 heteroatoms. The zero-order valence-electron chi connectivity index (χ0n) is 12.3. The van der Waals surface area contributed by atoms with Gasteiger partial charge in [-0.1, -0.05) is 0 Å². The van der Waals surface area contributed by atoms with E-state index in [0.717, 1.165) is 4.31 Å². The molecule has 7 nitrogen and oxygen atoms in total. The molecule has 0 N–H and O–H groups in total. The Hall–Kier alpha value is -1.98. The van der Waals surface area contributed by atoms with Crippen molar-refractivity contribution in [2.24, 2.45) is 5.92 Å². The van der Waals surface area contributed by atoms with Crippen LogP contribution >= 0.6 is 0 Å². The van der Waals surface area contributed by atoms with Crippen LogP contribution in [-0.4, -0.2) is 31.2 Å². The molecule has 1 atom stereocenters. The number of nitro benzene ring substituents is 1. The zero-order valence-corrected chi connectivity index (χ0v) is 13.1. The third-order valence-electron chi connectivity index (χ3n) is 3.21. The molecule has 1 aromatic rings. The van der Waals surface area contributed by atoms with Crippen molar-refractivity contribution in [2.75, 3.05) is 13.6 Å². The molecule has 0 aliphatic heterocycles. The van der Waals surface area contributed by atoms with Crippen LogP contribution in [0.1, 0.15) is 18.1 Å². The smallest absolute Gasteiger partial charge is 0.258 e. The Balaban J connectivity index is 3.41. The summed E-state index contributed by atoms with van der Waals surface area (Å²) in [5, 5.41) is 19.9. The lowest BCUT2D eigenvalue weighted by atomic mass is 10.1. The highest BCUT2D eigenvalue weighted by Crippen LogP contribution is 2.29. The van der Waals surface area contributed by atoms with Crippen LogP contribution in [0.5, 0.6) is 0 Å². The van der Waals surface area contributed by atoms with Crippen LogP contribution in [0.4, 0.5) is 5.69 Å². The predicted molar refractivity (Wildman–Crippen MR) is 77.2 cm³/mol. The van der Waals surface area contributed by atoms with E-state index in [1.54, 1.807) is 20.8 Å². The third kappa shape index (κ3) is 3.56. The van der Waals surface area contributed by atoms with Gasteiger partial charge in [0.1, 0.15) is 0 Å². The van der Waals surface area contributed by atoms with Gasteiger partial charge in [-0.05, 0) is 38.0 Å². The van der Waals surface area contributed by atoms with Gasteiger partial charge in [0, 0.05) is 19.7 Å². The average molecular weight is 311 g/mol. The van der Waals surface area contributed by atoms with Crippen LogP contribution in [0.15, 0.2) is 17.0 Å². The van der Waals surface area contributed by atoms with Crippen molar-refractivity contribution in [3.63, 3.8) is 0 Å². The molecule has 0 spiro atoms. The summed E-state index contributed by atoms with van der Waals surface area (Å²) >= 11 is 0. The van der Waals surface area contributed by atoms with Crippen molar-refractivity contribution in [3.8, 4) is 6.07 Å². The highest BCUT2D eigenvalue weighted by atomic mass is 32.2. The van der Waals surface area contributed by atoms with Gasteiger partial charge in [0.2, 0.25) is 10.0 Å². The Bertz CT molecular complexity index is 707. The minimum atomic E-state index is -4.02. The second kappa shape index (κ2) is 6.20. The first-order valence-electron chi connectivity index (χ1n) is 6.22. The molecule has 0 aliphatic rings. The van der Waals surface area contributed by atoms with Crippen LogP contribution in [0.2, 0.25) is 0 Å². The molecule has 0 fully saturated rings. The lowest BCUT2D eigenvalue weighted by Gasteiger charge is -2.18. The summed E-state index contributed by atoms with van der Waals surface area (Å²) in [6.45, 7) is 4.93. The van der Waals surface area contributed by atoms with Crippen molar-refractivity contribution >= 4 is 15.7 Å². The second-order valence-corrected chi connectivity index (χ2v) is 6.99. The maximum atomic E-state index is 12.5. The topological polar surface area (TPSA) is 104 Å². The Morgan fingerprint density at radius 3 is 2.38 bits per heavy atom. The number of nitrogens with zero attached hydrogens (tertiary/aromatic N) is 3. The van der Waals surface area contributed by atoms with E-state index in [9.17, 15) is 18.5 Å². The number of nitro groups is 1. The van der Waals surface area contributed by atoms with E-state index in [4.69, 9.17) is 5.26 Å². The van der Waals surface area contributed by atoms with Gasteiger partial charge in [-0.15, -0.1) is 0 Å². The van der Waals surface area contributed by atoms with Gasteiger partial charge in [0.05, 0.1) is 16.9 Å². The predicted octanol–water partition coefficient (Wildman–Crippen LogP) is 1.99. The molecule has 1 rings (SSSR count). The monoisotopic (exact) mass is 311 g/mol. The lowest BCUT2D eigenvalue weighted by Crippen LogP contribution is -2.31. The summed E-state index contributed by atoms with van der Waals surface area (Å²) in [5.41, 5.74) is 0.851.